The molecule has 2 fully saturated rings. The Morgan fingerprint density at radius 1 is 1.35 bits per heavy atom. The largest absolute Gasteiger partial charge is 0.486 e. The minimum atomic E-state index is 0.154. The minimum absolute atomic E-state index is 0.154. The fourth-order valence-electron chi connectivity index (χ4n) is 2.98. The van der Waals surface area contributed by atoms with Crippen LogP contribution in [0.3, 0.4) is 0 Å². The molecule has 3 rings (SSSR count). The Labute approximate surface area is 125 Å². The molecule has 2 unspecified atom stereocenters. The molecule has 0 bridgehead atoms. The summed E-state index contributed by atoms with van der Waals surface area (Å²) in [6.45, 7) is 3.74. The van der Waals surface area contributed by atoms with Gasteiger partial charge in [-0.25, -0.2) is 0 Å². The molecule has 1 aromatic rings. The van der Waals surface area contributed by atoms with E-state index in [0.717, 1.165) is 49.2 Å². The SMILES string of the molecule is Clc1cc(CC2CCCNC2)ccc1OC1CCOC1. The number of hydrogen-bond donors (Lipinski definition) is 1. The molecule has 0 amide bonds. The number of benzene rings is 1. The minimum Gasteiger partial charge on any atom is -0.486 e. The number of piperidine rings is 1. The molecule has 0 spiro atoms. The smallest absolute Gasteiger partial charge is 0.138 e. The van der Waals surface area contributed by atoms with Gasteiger partial charge in [0.25, 0.3) is 0 Å². The van der Waals surface area contributed by atoms with E-state index < -0.39 is 0 Å². The summed E-state index contributed by atoms with van der Waals surface area (Å²) in [4.78, 5) is 0. The van der Waals surface area contributed by atoms with Gasteiger partial charge in [0.1, 0.15) is 11.9 Å². The summed E-state index contributed by atoms with van der Waals surface area (Å²) in [7, 11) is 0. The van der Waals surface area contributed by atoms with Crippen molar-refractivity contribution in [1.29, 1.82) is 0 Å². The highest BCUT2D eigenvalue weighted by atomic mass is 35.5. The summed E-state index contributed by atoms with van der Waals surface area (Å²) in [6, 6.07) is 6.21. The fraction of sp³-hybridized carbons (Fsp3) is 0.625. The van der Waals surface area contributed by atoms with Crippen LogP contribution < -0.4 is 10.1 Å². The molecule has 2 atom stereocenters. The van der Waals surface area contributed by atoms with E-state index in [1.54, 1.807) is 0 Å². The molecule has 0 aliphatic carbocycles. The van der Waals surface area contributed by atoms with Crippen molar-refractivity contribution in [3.8, 4) is 5.75 Å². The molecule has 0 radical (unpaired) electrons. The lowest BCUT2D eigenvalue weighted by molar-refractivity contribution is 0.141. The van der Waals surface area contributed by atoms with Gasteiger partial charge in [0, 0.05) is 6.42 Å². The number of halogens is 1. The summed E-state index contributed by atoms with van der Waals surface area (Å²) in [5, 5.41) is 4.18. The van der Waals surface area contributed by atoms with Gasteiger partial charge in [-0.1, -0.05) is 17.7 Å². The van der Waals surface area contributed by atoms with E-state index in [1.807, 2.05) is 6.07 Å². The highest BCUT2D eigenvalue weighted by Gasteiger charge is 2.19. The van der Waals surface area contributed by atoms with Crippen molar-refractivity contribution in [3.05, 3.63) is 28.8 Å². The van der Waals surface area contributed by atoms with Crippen LogP contribution in [0.25, 0.3) is 0 Å². The third-order valence-electron chi connectivity index (χ3n) is 4.10. The lowest BCUT2D eigenvalue weighted by Gasteiger charge is -2.23. The quantitative estimate of drug-likeness (QED) is 0.926. The first kappa shape index (κ1) is 14.2. The molecule has 2 aliphatic rings. The van der Waals surface area contributed by atoms with Crippen molar-refractivity contribution in [2.45, 2.75) is 31.8 Å². The highest BCUT2D eigenvalue weighted by molar-refractivity contribution is 6.32. The van der Waals surface area contributed by atoms with Gasteiger partial charge in [-0.15, -0.1) is 0 Å². The molecule has 2 saturated heterocycles. The maximum Gasteiger partial charge on any atom is 0.138 e. The zero-order valence-electron chi connectivity index (χ0n) is 11.7. The average molecular weight is 296 g/mol. The van der Waals surface area contributed by atoms with E-state index in [2.05, 4.69) is 17.4 Å². The standard InChI is InChI=1S/C16H22ClNO2/c17-15-9-12(8-13-2-1-6-18-10-13)3-4-16(15)20-14-5-7-19-11-14/h3-4,9,13-14,18H,1-2,5-8,10-11H2. The van der Waals surface area contributed by atoms with E-state index >= 15 is 0 Å². The predicted molar refractivity (Wildman–Crippen MR) is 80.6 cm³/mol. The van der Waals surface area contributed by atoms with Crippen molar-refractivity contribution < 1.29 is 9.47 Å². The number of nitrogens with one attached hydrogen (secondary N) is 1. The van der Waals surface area contributed by atoms with Gasteiger partial charge in [0.2, 0.25) is 0 Å². The molecule has 110 valence electrons. The maximum absolute atomic E-state index is 6.34. The Bertz CT molecular complexity index is 440. The highest BCUT2D eigenvalue weighted by Crippen LogP contribution is 2.29. The third-order valence-corrected chi connectivity index (χ3v) is 4.40. The van der Waals surface area contributed by atoms with Gasteiger partial charge >= 0.3 is 0 Å². The van der Waals surface area contributed by atoms with Gasteiger partial charge in [-0.2, -0.15) is 0 Å². The van der Waals surface area contributed by atoms with E-state index in [0.29, 0.717) is 6.61 Å². The molecular weight excluding hydrogens is 274 g/mol. The zero-order valence-corrected chi connectivity index (χ0v) is 12.5. The van der Waals surface area contributed by atoms with Gasteiger partial charge in [-0.3, -0.25) is 0 Å². The third kappa shape index (κ3) is 3.66. The fourth-order valence-corrected chi connectivity index (χ4v) is 3.23. The van der Waals surface area contributed by atoms with E-state index in [1.165, 1.54) is 18.4 Å². The zero-order chi connectivity index (χ0) is 13.8. The Morgan fingerprint density at radius 2 is 2.30 bits per heavy atom. The monoisotopic (exact) mass is 295 g/mol. The Morgan fingerprint density at radius 3 is 3.00 bits per heavy atom. The molecule has 1 N–H and O–H groups in total. The van der Waals surface area contributed by atoms with E-state index in [4.69, 9.17) is 21.1 Å². The molecule has 1 aromatic carbocycles. The van der Waals surface area contributed by atoms with Gasteiger partial charge in [0.05, 0.1) is 18.2 Å². The topological polar surface area (TPSA) is 30.5 Å². The summed E-state index contributed by atoms with van der Waals surface area (Å²) >= 11 is 6.34. The van der Waals surface area contributed by atoms with Crippen LogP contribution in [0.1, 0.15) is 24.8 Å². The van der Waals surface area contributed by atoms with Crippen LogP contribution in [0.15, 0.2) is 18.2 Å². The van der Waals surface area contributed by atoms with Crippen LogP contribution in [0.5, 0.6) is 5.75 Å². The number of hydrogen-bond acceptors (Lipinski definition) is 3. The van der Waals surface area contributed by atoms with Gasteiger partial charge < -0.3 is 14.8 Å². The second kappa shape index (κ2) is 6.79. The van der Waals surface area contributed by atoms with Crippen LogP contribution in [0.4, 0.5) is 0 Å². The molecule has 3 nitrogen and oxygen atoms in total. The van der Waals surface area contributed by atoms with Crippen molar-refractivity contribution in [2.24, 2.45) is 5.92 Å². The van der Waals surface area contributed by atoms with Crippen molar-refractivity contribution in [3.63, 3.8) is 0 Å². The summed E-state index contributed by atoms with van der Waals surface area (Å²) in [5.74, 6) is 1.52. The Hall–Kier alpha value is -0.770. The van der Waals surface area contributed by atoms with Crippen LogP contribution in [0.2, 0.25) is 5.02 Å². The molecule has 0 saturated carbocycles. The molecule has 0 aromatic heterocycles. The predicted octanol–water partition coefficient (Wildman–Crippen LogP) is 3.05. The van der Waals surface area contributed by atoms with Crippen molar-refractivity contribution in [1.82, 2.24) is 5.32 Å². The first-order valence-corrected chi connectivity index (χ1v) is 7.92. The molecule has 4 heteroatoms. The van der Waals surface area contributed by atoms with Crippen LogP contribution in [0, 0.1) is 5.92 Å². The first-order chi connectivity index (χ1) is 9.81. The molecule has 20 heavy (non-hydrogen) atoms. The Kier molecular flexibility index (Phi) is 4.81. The molecule has 2 heterocycles. The van der Waals surface area contributed by atoms with Gasteiger partial charge in [0.15, 0.2) is 0 Å². The van der Waals surface area contributed by atoms with Crippen LogP contribution in [-0.4, -0.2) is 32.4 Å². The first-order valence-electron chi connectivity index (χ1n) is 7.55. The van der Waals surface area contributed by atoms with E-state index in [-0.39, 0.29) is 6.10 Å². The normalized spacial score (nSPS) is 26.6. The van der Waals surface area contributed by atoms with Crippen LogP contribution in [-0.2, 0) is 11.2 Å². The lowest BCUT2D eigenvalue weighted by atomic mass is 9.92. The maximum atomic E-state index is 6.34. The van der Waals surface area contributed by atoms with Crippen molar-refractivity contribution in [2.75, 3.05) is 26.3 Å². The van der Waals surface area contributed by atoms with Gasteiger partial charge in [-0.05, 0) is 56.0 Å². The average Bonchev–Trinajstić information content (AvgIpc) is 2.96. The van der Waals surface area contributed by atoms with Crippen LogP contribution >= 0.6 is 11.6 Å². The summed E-state index contributed by atoms with van der Waals surface area (Å²) in [6.07, 6.45) is 4.79. The summed E-state index contributed by atoms with van der Waals surface area (Å²) < 4.78 is 11.2. The molecule has 2 aliphatic heterocycles. The van der Waals surface area contributed by atoms with Crippen molar-refractivity contribution >= 4 is 11.6 Å². The number of ether oxygens (including phenoxy) is 2. The number of rotatable bonds is 4. The second-order valence-electron chi connectivity index (χ2n) is 5.78. The summed E-state index contributed by atoms with van der Waals surface area (Å²) in [5.41, 5.74) is 1.30. The lowest BCUT2D eigenvalue weighted by Crippen LogP contribution is -2.30. The Balaban J connectivity index is 1.60. The molecular formula is C16H22ClNO2. The van der Waals surface area contributed by atoms with E-state index in [9.17, 15) is 0 Å². The second-order valence-corrected chi connectivity index (χ2v) is 6.19.